The van der Waals surface area contributed by atoms with Crippen LogP contribution in [0.25, 0.3) is 0 Å². The maximum absolute atomic E-state index is 12.8. The molecule has 0 fully saturated rings. The Labute approximate surface area is 108 Å². The van der Waals surface area contributed by atoms with Crippen LogP contribution in [-0.4, -0.2) is 16.0 Å². The van der Waals surface area contributed by atoms with E-state index >= 15 is 0 Å². The standard InChI is InChI=1S/C13H12FN3O2/c1-7-4-12(16-6-10(7)15)17-13(19)9-3-2-8(14)5-11(9)18/h2-6,18H,15H2,1H3,(H,16,17,19). The molecule has 4 N–H and O–H groups in total. The van der Waals surface area contributed by atoms with Gasteiger partial charge < -0.3 is 16.2 Å². The van der Waals surface area contributed by atoms with E-state index in [0.717, 1.165) is 17.7 Å². The minimum Gasteiger partial charge on any atom is -0.507 e. The Morgan fingerprint density at radius 1 is 1.42 bits per heavy atom. The number of aryl methyl sites for hydroxylation is 1. The lowest BCUT2D eigenvalue weighted by Crippen LogP contribution is -2.13. The number of halogens is 1. The number of benzene rings is 1. The van der Waals surface area contributed by atoms with Crippen LogP contribution in [0.3, 0.4) is 0 Å². The molecule has 6 heteroatoms. The van der Waals surface area contributed by atoms with Crippen LogP contribution in [0.4, 0.5) is 15.9 Å². The zero-order chi connectivity index (χ0) is 14.0. The zero-order valence-corrected chi connectivity index (χ0v) is 10.1. The fourth-order valence-electron chi connectivity index (χ4n) is 1.52. The largest absolute Gasteiger partial charge is 0.507 e. The van der Waals surface area contributed by atoms with E-state index in [4.69, 9.17) is 5.73 Å². The Hall–Kier alpha value is -2.63. The molecule has 0 radical (unpaired) electrons. The number of carbonyl (C=O) groups is 1. The van der Waals surface area contributed by atoms with E-state index in [0.29, 0.717) is 11.5 Å². The molecule has 0 saturated carbocycles. The highest BCUT2D eigenvalue weighted by Crippen LogP contribution is 2.20. The molecule has 19 heavy (non-hydrogen) atoms. The smallest absolute Gasteiger partial charge is 0.260 e. The summed E-state index contributed by atoms with van der Waals surface area (Å²) in [6.45, 7) is 1.78. The van der Waals surface area contributed by atoms with E-state index in [-0.39, 0.29) is 5.56 Å². The van der Waals surface area contributed by atoms with Crippen LogP contribution in [0, 0.1) is 12.7 Å². The van der Waals surface area contributed by atoms with Gasteiger partial charge in [-0.2, -0.15) is 0 Å². The van der Waals surface area contributed by atoms with Gasteiger partial charge in [-0.25, -0.2) is 9.37 Å². The predicted octanol–water partition coefficient (Wildman–Crippen LogP) is 2.07. The van der Waals surface area contributed by atoms with Crippen LogP contribution >= 0.6 is 0 Å². The number of aromatic nitrogens is 1. The van der Waals surface area contributed by atoms with E-state index < -0.39 is 17.5 Å². The van der Waals surface area contributed by atoms with E-state index in [1.807, 2.05) is 0 Å². The number of phenols is 1. The van der Waals surface area contributed by atoms with Gasteiger partial charge in [0.2, 0.25) is 0 Å². The molecule has 0 aliphatic carbocycles. The molecule has 5 nitrogen and oxygen atoms in total. The van der Waals surface area contributed by atoms with Crippen molar-refractivity contribution in [1.29, 1.82) is 0 Å². The SMILES string of the molecule is Cc1cc(NC(=O)c2ccc(F)cc2O)ncc1N. The number of pyridine rings is 1. The van der Waals surface area contributed by atoms with Gasteiger partial charge >= 0.3 is 0 Å². The fraction of sp³-hybridized carbons (Fsp3) is 0.0769. The van der Waals surface area contributed by atoms with E-state index in [1.165, 1.54) is 12.3 Å². The van der Waals surface area contributed by atoms with Crippen molar-refractivity contribution in [3.05, 3.63) is 47.4 Å². The number of aromatic hydroxyl groups is 1. The van der Waals surface area contributed by atoms with Gasteiger partial charge in [0.05, 0.1) is 17.4 Å². The average molecular weight is 261 g/mol. The summed E-state index contributed by atoms with van der Waals surface area (Å²) in [5.41, 5.74) is 6.87. The van der Waals surface area contributed by atoms with Crippen molar-refractivity contribution in [3.63, 3.8) is 0 Å². The summed E-state index contributed by atoms with van der Waals surface area (Å²) in [5.74, 6) is -1.31. The Kier molecular flexibility index (Phi) is 3.33. The summed E-state index contributed by atoms with van der Waals surface area (Å²) in [4.78, 5) is 15.8. The second-order valence-corrected chi connectivity index (χ2v) is 4.04. The van der Waals surface area contributed by atoms with Crippen LogP contribution in [0.15, 0.2) is 30.5 Å². The van der Waals surface area contributed by atoms with Crippen molar-refractivity contribution >= 4 is 17.4 Å². The van der Waals surface area contributed by atoms with Gasteiger partial charge in [0.25, 0.3) is 5.91 Å². The molecule has 98 valence electrons. The lowest BCUT2D eigenvalue weighted by molar-refractivity contribution is 0.102. The molecule has 2 aromatic rings. The number of phenolic OH excluding ortho intramolecular Hbond substituents is 1. The van der Waals surface area contributed by atoms with Crippen molar-refractivity contribution in [2.24, 2.45) is 0 Å². The third kappa shape index (κ3) is 2.79. The summed E-state index contributed by atoms with van der Waals surface area (Å²) in [6.07, 6.45) is 1.43. The van der Waals surface area contributed by atoms with E-state index in [2.05, 4.69) is 10.3 Å². The Morgan fingerprint density at radius 3 is 2.79 bits per heavy atom. The van der Waals surface area contributed by atoms with Gasteiger partial charge in [-0.3, -0.25) is 4.79 Å². The number of hydrogen-bond acceptors (Lipinski definition) is 4. The number of anilines is 2. The maximum atomic E-state index is 12.8. The van der Waals surface area contributed by atoms with Crippen LogP contribution in [-0.2, 0) is 0 Å². The third-order valence-electron chi connectivity index (χ3n) is 2.60. The van der Waals surface area contributed by atoms with Crippen molar-refractivity contribution in [1.82, 2.24) is 4.98 Å². The monoisotopic (exact) mass is 261 g/mol. The molecule has 1 amide bonds. The number of hydrogen-bond donors (Lipinski definition) is 3. The molecule has 2 rings (SSSR count). The number of amides is 1. The molecule has 1 aromatic heterocycles. The molecule has 0 bridgehead atoms. The lowest BCUT2D eigenvalue weighted by atomic mass is 10.2. The molecule has 0 aliphatic heterocycles. The van der Waals surface area contributed by atoms with E-state index in [1.54, 1.807) is 13.0 Å². The normalized spacial score (nSPS) is 10.2. The van der Waals surface area contributed by atoms with Gasteiger partial charge in [-0.05, 0) is 30.7 Å². The van der Waals surface area contributed by atoms with Gasteiger partial charge in [0.15, 0.2) is 0 Å². The van der Waals surface area contributed by atoms with Crippen molar-refractivity contribution in [2.45, 2.75) is 6.92 Å². The second-order valence-electron chi connectivity index (χ2n) is 4.04. The number of rotatable bonds is 2. The molecule has 0 saturated heterocycles. The highest BCUT2D eigenvalue weighted by Gasteiger charge is 2.12. The topological polar surface area (TPSA) is 88.2 Å². The van der Waals surface area contributed by atoms with Crippen LogP contribution < -0.4 is 11.1 Å². The molecular formula is C13H12FN3O2. The van der Waals surface area contributed by atoms with Crippen LogP contribution in [0.1, 0.15) is 15.9 Å². The number of nitrogen functional groups attached to an aromatic ring is 1. The van der Waals surface area contributed by atoms with Crippen molar-refractivity contribution in [2.75, 3.05) is 11.1 Å². The fourth-order valence-corrected chi connectivity index (χ4v) is 1.52. The average Bonchev–Trinajstić information content (AvgIpc) is 2.33. The van der Waals surface area contributed by atoms with Crippen molar-refractivity contribution < 1.29 is 14.3 Å². The molecule has 0 atom stereocenters. The predicted molar refractivity (Wildman–Crippen MR) is 69.4 cm³/mol. The summed E-state index contributed by atoms with van der Waals surface area (Å²) < 4.78 is 12.8. The molecule has 0 spiro atoms. The summed E-state index contributed by atoms with van der Waals surface area (Å²) in [6, 6.07) is 4.77. The molecular weight excluding hydrogens is 249 g/mol. The first-order valence-corrected chi connectivity index (χ1v) is 5.49. The Morgan fingerprint density at radius 2 is 2.16 bits per heavy atom. The number of nitrogens with two attached hydrogens (primary N) is 1. The summed E-state index contributed by atoms with van der Waals surface area (Å²) in [7, 11) is 0. The first-order valence-electron chi connectivity index (χ1n) is 5.49. The van der Waals surface area contributed by atoms with Crippen molar-refractivity contribution in [3.8, 4) is 5.75 Å². The highest BCUT2D eigenvalue weighted by molar-refractivity contribution is 6.05. The van der Waals surface area contributed by atoms with Gasteiger partial charge in [-0.1, -0.05) is 0 Å². The molecule has 1 aromatic carbocycles. The Balaban J connectivity index is 2.23. The first kappa shape index (κ1) is 12.8. The second kappa shape index (κ2) is 4.93. The third-order valence-corrected chi connectivity index (χ3v) is 2.60. The molecule has 0 aliphatic rings. The quantitative estimate of drug-likeness (QED) is 0.772. The molecule has 1 heterocycles. The van der Waals surface area contributed by atoms with Gasteiger partial charge in [0, 0.05) is 6.07 Å². The number of nitrogens with one attached hydrogen (secondary N) is 1. The number of carbonyl (C=O) groups excluding carboxylic acids is 1. The number of nitrogens with zero attached hydrogens (tertiary/aromatic N) is 1. The Bertz CT molecular complexity index is 644. The summed E-state index contributed by atoms with van der Waals surface area (Å²) >= 11 is 0. The minimum atomic E-state index is -0.615. The van der Waals surface area contributed by atoms with Gasteiger partial charge in [0.1, 0.15) is 17.4 Å². The van der Waals surface area contributed by atoms with Crippen LogP contribution in [0.5, 0.6) is 5.75 Å². The highest BCUT2D eigenvalue weighted by atomic mass is 19.1. The summed E-state index contributed by atoms with van der Waals surface area (Å²) in [5, 5.41) is 12.0. The van der Waals surface area contributed by atoms with Crippen LogP contribution in [0.2, 0.25) is 0 Å². The van der Waals surface area contributed by atoms with Gasteiger partial charge in [-0.15, -0.1) is 0 Å². The molecule has 0 unspecified atom stereocenters. The lowest BCUT2D eigenvalue weighted by Gasteiger charge is -2.07. The minimum absolute atomic E-state index is 0.0299. The van der Waals surface area contributed by atoms with E-state index in [9.17, 15) is 14.3 Å². The maximum Gasteiger partial charge on any atom is 0.260 e. The first-order chi connectivity index (χ1) is 8.97. The zero-order valence-electron chi connectivity index (χ0n) is 10.1.